The van der Waals surface area contributed by atoms with Crippen molar-refractivity contribution in [2.45, 2.75) is 40.2 Å². The molecule has 1 atom stereocenters. The van der Waals surface area contributed by atoms with E-state index >= 15 is 0 Å². The number of methoxy groups -OCH3 is 1. The molecule has 3 heterocycles. The van der Waals surface area contributed by atoms with E-state index < -0.39 is 0 Å². The van der Waals surface area contributed by atoms with Gasteiger partial charge in [0.25, 0.3) is 0 Å². The summed E-state index contributed by atoms with van der Waals surface area (Å²) < 4.78 is 9.94. The number of carbonyl (C=O) groups is 1. The van der Waals surface area contributed by atoms with Crippen molar-refractivity contribution in [3.8, 4) is 0 Å². The number of ether oxygens (including phenoxy) is 1. The molecule has 1 unspecified atom stereocenters. The average Bonchev–Trinajstić information content (AvgIpc) is 3.15. The van der Waals surface area contributed by atoms with Crippen LogP contribution in [-0.2, 0) is 4.74 Å². The van der Waals surface area contributed by atoms with E-state index in [1.165, 1.54) is 18.4 Å². The van der Waals surface area contributed by atoms with Crippen LogP contribution < -0.4 is 5.32 Å². The Morgan fingerprint density at radius 1 is 1.28 bits per heavy atom. The first-order valence-corrected chi connectivity index (χ1v) is 8.69. The first-order chi connectivity index (χ1) is 11.9. The Morgan fingerprint density at radius 2 is 2.04 bits per heavy atom. The van der Waals surface area contributed by atoms with Crippen LogP contribution in [0.2, 0.25) is 0 Å². The standard InChI is InChI=1S/C16H19N5O3S/c1-6-10(13-19-9(4)24-21-13)20-14-11-7(2)12(16(22)23-5)25-15(11)18-8(3)17-14/h10H,6H2,1-5H3,(H,17,18,20). The molecular weight excluding hydrogens is 342 g/mol. The van der Waals surface area contributed by atoms with Crippen LogP contribution in [-0.4, -0.2) is 33.2 Å². The number of aryl methyl sites for hydroxylation is 3. The van der Waals surface area contributed by atoms with E-state index in [1.54, 1.807) is 6.92 Å². The molecule has 0 radical (unpaired) electrons. The number of anilines is 1. The molecule has 0 saturated heterocycles. The van der Waals surface area contributed by atoms with Crippen LogP contribution in [0.4, 0.5) is 5.82 Å². The Labute approximate surface area is 148 Å². The summed E-state index contributed by atoms with van der Waals surface area (Å²) in [7, 11) is 1.37. The highest BCUT2D eigenvalue weighted by Crippen LogP contribution is 2.35. The summed E-state index contributed by atoms with van der Waals surface area (Å²) in [6, 6.07) is -0.157. The third-order valence-electron chi connectivity index (χ3n) is 3.85. The third kappa shape index (κ3) is 3.19. The van der Waals surface area contributed by atoms with Crippen LogP contribution in [0.1, 0.15) is 52.2 Å². The number of carbonyl (C=O) groups excluding carboxylic acids is 1. The van der Waals surface area contributed by atoms with Crippen LogP contribution in [0.15, 0.2) is 4.52 Å². The lowest BCUT2D eigenvalue weighted by molar-refractivity contribution is 0.0605. The van der Waals surface area contributed by atoms with Crippen LogP contribution >= 0.6 is 11.3 Å². The summed E-state index contributed by atoms with van der Waals surface area (Å²) in [6.07, 6.45) is 0.747. The zero-order chi connectivity index (χ0) is 18.1. The smallest absolute Gasteiger partial charge is 0.348 e. The lowest BCUT2D eigenvalue weighted by Crippen LogP contribution is -2.13. The van der Waals surface area contributed by atoms with Crippen molar-refractivity contribution in [3.63, 3.8) is 0 Å². The largest absolute Gasteiger partial charge is 0.465 e. The van der Waals surface area contributed by atoms with Gasteiger partial charge in [0.2, 0.25) is 5.89 Å². The number of hydrogen-bond donors (Lipinski definition) is 1. The highest BCUT2D eigenvalue weighted by atomic mass is 32.1. The Hall–Kier alpha value is -2.55. The average molecular weight is 361 g/mol. The topological polar surface area (TPSA) is 103 Å². The van der Waals surface area contributed by atoms with Crippen LogP contribution in [0.25, 0.3) is 10.2 Å². The van der Waals surface area contributed by atoms with Crippen LogP contribution in [0.5, 0.6) is 0 Å². The van der Waals surface area contributed by atoms with E-state index in [-0.39, 0.29) is 12.0 Å². The molecule has 3 aromatic rings. The van der Waals surface area contributed by atoms with E-state index in [1.807, 2.05) is 20.8 Å². The number of hydrogen-bond acceptors (Lipinski definition) is 9. The van der Waals surface area contributed by atoms with E-state index in [9.17, 15) is 4.79 Å². The summed E-state index contributed by atoms with van der Waals surface area (Å²) >= 11 is 1.30. The van der Waals surface area contributed by atoms with Crippen molar-refractivity contribution in [1.82, 2.24) is 20.1 Å². The maximum Gasteiger partial charge on any atom is 0.348 e. The van der Waals surface area contributed by atoms with Gasteiger partial charge in [0.05, 0.1) is 18.5 Å². The van der Waals surface area contributed by atoms with Crippen molar-refractivity contribution >= 4 is 33.3 Å². The molecule has 3 aromatic heterocycles. The molecule has 9 heteroatoms. The molecular formula is C16H19N5O3S. The first kappa shape index (κ1) is 17.3. The minimum atomic E-state index is -0.370. The highest BCUT2D eigenvalue weighted by Gasteiger charge is 2.23. The van der Waals surface area contributed by atoms with Gasteiger partial charge in [-0.25, -0.2) is 14.8 Å². The number of esters is 1. The van der Waals surface area contributed by atoms with Crippen molar-refractivity contribution in [2.75, 3.05) is 12.4 Å². The fraction of sp³-hybridized carbons (Fsp3) is 0.438. The summed E-state index contributed by atoms with van der Waals surface area (Å²) in [6.45, 7) is 7.46. The molecule has 0 fully saturated rings. The van der Waals surface area contributed by atoms with E-state index in [0.29, 0.717) is 28.2 Å². The molecule has 0 bridgehead atoms. The summed E-state index contributed by atoms with van der Waals surface area (Å²) in [5, 5.41) is 8.18. The molecule has 25 heavy (non-hydrogen) atoms. The molecule has 0 aliphatic heterocycles. The number of thiophene rings is 1. The second kappa shape index (κ2) is 6.75. The SMILES string of the molecule is CCC(Nc1nc(C)nc2sc(C(=O)OC)c(C)c12)c1noc(C)n1. The van der Waals surface area contributed by atoms with Crippen molar-refractivity contribution in [2.24, 2.45) is 0 Å². The fourth-order valence-corrected chi connectivity index (χ4v) is 3.75. The summed E-state index contributed by atoms with van der Waals surface area (Å²) in [5.41, 5.74) is 0.800. The zero-order valence-electron chi connectivity index (χ0n) is 14.7. The molecule has 132 valence electrons. The van der Waals surface area contributed by atoms with E-state index in [0.717, 1.165) is 22.2 Å². The minimum Gasteiger partial charge on any atom is -0.465 e. The Kier molecular flexibility index (Phi) is 4.67. The molecule has 0 spiro atoms. The van der Waals surface area contributed by atoms with Gasteiger partial charge < -0.3 is 14.6 Å². The lowest BCUT2D eigenvalue weighted by Gasteiger charge is -2.15. The molecule has 8 nitrogen and oxygen atoms in total. The maximum absolute atomic E-state index is 12.0. The van der Waals surface area contributed by atoms with Crippen molar-refractivity contribution < 1.29 is 14.1 Å². The predicted molar refractivity (Wildman–Crippen MR) is 93.9 cm³/mol. The molecule has 0 aliphatic carbocycles. The van der Waals surface area contributed by atoms with Gasteiger partial charge in [0, 0.05) is 6.92 Å². The monoisotopic (exact) mass is 361 g/mol. The molecule has 0 aliphatic rings. The van der Waals surface area contributed by atoms with Gasteiger partial charge in [-0.2, -0.15) is 4.98 Å². The Bertz CT molecular complexity index is 933. The van der Waals surface area contributed by atoms with Gasteiger partial charge in [-0.15, -0.1) is 11.3 Å². The van der Waals surface area contributed by atoms with E-state index in [4.69, 9.17) is 9.26 Å². The molecule has 1 N–H and O–H groups in total. The van der Waals surface area contributed by atoms with Gasteiger partial charge in [-0.3, -0.25) is 0 Å². The predicted octanol–water partition coefficient (Wildman–Crippen LogP) is 3.35. The van der Waals surface area contributed by atoms with E-state index in [2.05, 4.69) is 25.4 Å². The Morgan fingerprint density at radius 3 is 2.64 bits per heavy atom. The maximum atomic E-state index is 12.0. The normalized spacial score (nSPS) is 12.4. The van der Waals surface area contributed by atoms with Crippen molar-refractivity contribution in [1.29, 1.82) is 0 Å². The fourth-order valence-electron chi connectivity index (χ4n) is 2.61. The number of nitrogens with zero attached hydrogens (tertiary/aromatic N) is 4. The minimum absolute atomic E-state index is 0.157. The van der Waals surface area contributed by atoms with Gasteiger partial charge >= 0.3 is 5.97 Å². The first-order valence-electron chi connectivity index (χ1n) is 7.87. The third-order valence-corrected chi connectivity index (χ3v) is 5.01. The molecule has 0 amide bonds. The quantitative estimate of drug-likeness (QED) is 0.690. The van der Waals surface area contributed by atoms with Gasteiger partial charge in [-0.1, -0.05) is 12.1 Å². The van der Waals surface area contributed by atoms with Crippen LogP contribution in [0, 0.1) is 20.8 Å². The molecule has 0 saturated carbocycles. The molecule has 3 rings (SSSR count). The van der Waals surface area contributed by atoms with Gasteiger partial charge in [0.15, 0.2) is 5.82 Å². The van der Waals surface area contributed by atoms with Crippen LogP contribution in [0.3, 0.4) is 0 Å². The summed E-state index contributed by atoms with van der Waals surface area (Å²) in [5.74, 6) is 1.99. The number of nitrogens with one attached hydrogen (secondary N) is 1. The lowest BCUT2D eigenvalue weighted by atomic mass is 10.1. The van der Waals surface area contributed by atoms with Gasteiger partial charge in [0.1, 0.15) is 21.3 Å². The van der Waals surface area contributed by atoms with Gasteiger partial charge in [-0.05, 0) is 25.8 Å². The highest BCUT2D eigenvalue weighted by molar-refractivity contribution is 7.20. The Balaban J connectivity index is 2.08. The zero-order valence-corrected chi connectivity index (χ0v) is 15.5. The number of fused-ring (bicyclic) bond motifs is 1. The second-order valence-electron chi connectivity index (χ2n) is 5.62. The second-order valence-corrected chi connectivity index (χ2v) is 6.62. The number of aromatic nitrogens is 4. The molecule has 0 aromatic carbocycles. The summed E-state index contributed by atoms with van der Waals surface area (Å²) in [4.78, 5) is 26.5. The van der Waals surface area contributed by atoms with Crippen molar-refractivity contribution in [3.05, 3.63) is 28.0 Å². The number of rotatable bonds is 5.